The van der Waals surface area contributed by atoms with Crippen LogP contribution in [0, 0.1) is 0 Å². The Balaban J connectivity index is 2.12. The predicted octanol–water partition coefficient (Wildman–Crippen LogP) is 3.21. The van der Waals surface area contributed by atoms with Gasteiger partial charge in [-0.15, -0.1) is 0 Å². The van der Waals surface area contributed by atoms with Crippen molar-refractivity contribution in [2.75, 3.05) is 12.4 Å². The maximum absolute atomic E-state index is 12.8. The number of methoxy groups -OCH3 is 1. The second kappa shape index (κ2) is 7.70. The SMILES string of the molecule is COc1ccc(C(=O)/C=C2\C(=O)Nc3c(Cl)ccc(Cl)c32)c(CO)c1CO. The molecule has 1 aliphatic rings. The molecular weight excluding hydrogens is 393 g/mol. The number of ether oxygens (including phenoxy) is 1. The van der Waals surface area contributed by atoms with Gasteiger partial charge >= 0.3 is 0 Å². The average molecular weight is 408 g/mol. The van der Waals surface area contributed by atoms with E-state index < -0.39 is 24.9 Å². The molecule has 0 saturated heterocycles. The fraction of sp³-hybridized carbons (Fsp3) is 0.158. The maximum Gasteiger partial charge on any atom is 0.256 e. The van der Waals surface area contributed by atoms with Gasteiger partial charge in [-0.05, 0) is 35.9 Å². The molecule has 0 aromatic heterocycles. The maximum atomic E-state index is 12.8. The Kier molecular flexibility index (Phi) is 5.53. The van der Waals surface area contributed by atoms with Crippen LogP contribution in [0.4, 0.5) is 5.69 Å². The molecule has 140 valence electrons. The van der Waals surface area contributed by atoms with Crippen molar-refractivity contribution in [2.45, 2.75) is 13.2 Å². The van der Waals surface area contributed by atoms with E-state index in [-0.39, 0.29) is 21.7 Å². The summed E-state index contributed by atoms with van der Waals surface area (Å²) in [4.78, 5) is 25.2. The number of aliphatic hydroxyl groups is 2. The van der Waals surface area contributed by atoms with E-state index in [0.29, 0.717) is 27.6 Å². The largest absolute Gasteiger partial charge is 0.496 e. The molecule has 0 unspecified atom stereocenters. The van der Waals surface area contributed by atoms with Crippen LogP contribution in [-0.2, 0) is 18.0 Å². The van der Waals surface area contributed by atoms with Crippen LogP contribution in [0.3, 0.4) is 0 Å². The standard InChI is InChI=1S/C19H15Cl2NO5/c1-27-16-5-2-9(11(7-23)12(16)8-24)15(25)6-10-17-13(20)3-4-14(21)18(17)22-19(10)26/h2-6,23-24H,7-8H2,1H3,(H,22,26)/b10-6-. The van der Waals surface area contributed by atoms with Crippen molar-refractivity contribution in [3.63, 3.8) is 0 Å². The molecule has 2 aromatic rings. The fourth-order valence-corrected chi connectivity index (χ4v) is 3.49. The molecule has 0 spiro atoms. The first-order valence-corrected chi connectivity index (χ1v) is 8.64. The van der Waals surface area contributed by atoms with E-state index in [1.54, 1.807) is 6.07 Å². The molecule has 0 saturated carbocycles. The van der Waals surface area contributed by atoms with Crippen LogP contribution in [0.5, 0.6) is 5.75 Å². The van der Waals surface area contributed by atoms with Gasteiger partial charge in [-0.1, -0.05) is 23.2 Å². The lowest BCUT2D eigenvalue weighted by atomic mass is 9.95. The summed E-state index contributed by atoms with van der Waals surface area (Å²) in [5, 5.41) is 22.5. The van der Waals surface area contributed by atoms with Gasteiger partial charge in [-0.3, -0.25) is 9.59 Å². The van der Waals surface area contributed by atoms with Crippen LogP contribution < -0.4 is 10.1 Å². The topological polar surface area (TPSA) is 95.9 Å². The first-order chi connectivity index (χ1) is 12.9. The minimum Gasteiger partial charge on any atom is -0.496 e. The molecule has 8 heteroatoms. The molecule has 0 fully saturated rings. The Labute approximate surface area is 165 Å². The molecule has 0 bridgehead atoms. The van der Waals surface area contributed by atoms with E-state index in [0.717, 1.165) is 6.08 Å². The van der Waals surface area contributed by atoms with Gasteiger partial charge in [0.25, 0.3) is 5.91 Å². The summed E-state index contributed by atoms with van der Waals surface area (Å²) >= 11 is 12.3. The van der Waals surface area contributed by atoms with Crippen molar-refractivity contribution in [3.05, 3.63) is 62.6 Å². The number of carbonyl (C=O) groups is 2. The quantitative estimate of drug-likeness (QED) is 0.522. The summed E-state index contributed by atoms with van der Waals surface area (Å²) in [6.07, 6.45) is 1.14. The molecule has 0 aliphatic carbocycles. The van der Waals surface area contributed by atoms with Crippen molar-refractivity contribution in [1.29, 1.82) is 0 Å². The number of benzene rings is 2. The number of hydrogen-bond donors (Lipinski definition) is 3. The van der Waals surface area contributed by atoms with Crippen LogP contribution in [0.1, 0.15) is 27.0 Å². The highest BCUT2D eigenvalue weighted by Crippen LogP contribution is 2.42. The Morgan fingerprint density at radius 1 is 1.11 bits per heavy atom. The minimum atomic E-state index is -0.523. The van der Waals surface area contributed by atoms with E-state index in [9.17, 15) is 19.8 Å². The number of ketones is 1. The number of nitrogens with one attached hydrogen (secondary N) is 1. The summed E-state index contributed by atoms with van der Waals surface area (Å²) < 4.78 is 5.15. The van der Waals surface area contributed by atoms with E-state index >= 15 is 0 Å². The number of carbonyl (C=O) groups excluding carboxylic acids is 2. The van der Waals surface area contributed by atoms with E-state index in [1.807, 2.05) is 0 Å². The normalized spacial score (nSPS) is 14.3. The summed E-state index contributed by atoms with van der Waals surface area (Å²) in [5.41, 5.74) is 1.46. The van der Waals surface area contributed by atoms with Gasteiger partial charge in [0.05, 0.1) is 41.6 Å². The van der Waals surface area contributed by atoms with Crippen molar-refractivity contribution in [2.24, 2.45) is 0 Å². The van der Waals surface area contributed by atoms with Crippen LogP contribution in [0.2, 0.25) is 10.0 Å². The number of fused-ring (bicyclic) bond motifs is 1. The smallest absolute Gasteiger partial charge is 0.256 e. The van der Waals surface area contributed by atoms with Gasteiger partial charge in [-0.25, -0.2) is 0 Å². The molecule has 0 radical (unpaired) electrons. The van der Waals surface area contributed by atoms with Crippen molar-refractivity contribution < 1.29 is 24.5 Å². The van der Waals surface area contributed by atoms with Gasteiger partial charge in [0.2, 0.25) is 0 Å². The minimum absolute atomic E-state index is 0.0766. The molecule has 2 aromatic carbocycles. The first kappa shape index (κ1) is 19.4. The van der Waals surface area contributed by atoms with Crippen molar-refractivity contribution in [1.82, 2.24) is 0 Å². The Morgan fingerprint density at radius 3 is 2.41 bits per heavy atom. The monoisotopic (exact) mass is 407 g/mol. The van der Waals surface area contributed by atoms with E-state index in [2.05, 4.69) is 5.32 Å². The van der Waals surface area contributed by atoms with E-state index in [4.69, 9.17) is 27.9 Å². The molecule has 1 amide bonds. The zero-order valence-corrected chi connectivity index (χ0v) is 15.7. The van der Waals surface area contributed by atoms with Gasteiger partial charge in [0.15, 0.2) is 5.78 Å². The second-order valence-corrected chi connectivity index (χ2v) is 6.56. The lowest BCUT2D eigenvalue weighted by molar-refractivity contribution is -0.110. The van der Waals surface area contributed by atoms with Gasteiger partial charge in [0.1, 0.15) is 5.75 Å². The number of halogens is 2. The predicted molar refractivity (Wildman–Crippen MR) is 102 cm³/mol. The molecule has 0 atom stereocenters. The van der Waals surface area contributed by atoms with Crippen LogP contribution >= 0.6 is 23.2 Å². The summed E-state index contributed by atoms with van der Waals surface area (Å²) in [7, 11) is 1.42. The fourth-order valence-electron chi connectivity index (χ4n) is 3.03. The van der Waals surface area contributed by atoms with Gasteiger partial charge < -0.3 is 20.3 Å². The van der Waals surface area contributed by atoms with Crippen LogP contribution in [0.25, 0.3) is 5.57 Å². The Morgan fingerprint density at radius 2 is 1.78 bits per heavy atom. The molecule has 1 heterocycles. The molecule has 27 heavy (non-hydrogen) atoms. The van der Waals surface area contributed by atoms with Crippen molar-refractivity contribution in [3.8, 4) is 5.75 Å². The molecule has 1 aliphatic heterocycles. The molecule has 3 rings (SSSR count). The Hall–Kier alpha value is -2.38. The summed E-state index contributed by atoms with van der Waals surface area (Å²) in [5.74, 6) is -0.676. The van der Waals surface area contributed by atoms with Gasteiger partial charge in [-0.2, -0.15) is 0 Å². The zero-order valence-electron chi connectivity index (χ0n) is 14.2. The third kappa shape index (κ3) is 3.33. The molecule has 3 N–H and O–H groups in total. The third-order valence-corrected chi connectivity index (χ3v) is 4.95. The van der Waals surface area contributed by atoms with Gasteiger partial charge in [0, 0.05) is 16.7 Å². The lowest BCUT2D eigenvalue weighted by Gasteiger charge is -2.14. The number of allylic oxidation sites excluding steroid dienone is 1. The first-order valence-electron chi connectivity index (χ1n) is 7.89. The number of aliphatic hydroxyl groups excluding tert-OH is 2. The number of amides is 1. The van der Waals surface area contributed by atoms with Crippen LogP contribution in [-0.4, -0.2) is 29.0 Å². The highest BCUT2D eigenvalue weighted by molar-refractivity contribution is 6.45. The highest BCUT2D eigenvalue weighted by Gasteiger charge is 2.30. The molecule has 6 nitrogen and oxygen atoms in total. The summed E-state index contributed by atoms with van der Waals surface area (Å²) in [6.45, 7) is -0.895. The average Bonchev–Trinajstić information content (AvgIpc) is 3.00. The second-order valence-electron chi connectivity index (χ2n) is 5.74. The summed E-state index contributed by atoms with van der Waals surface area (Å²) in [6, 6.07) is 6.07. The van der Waals surface area contributed by atoms with Crippen LogP contribution in [0.15, 0.2) is 30.3 Å². The lowest BCUT2D eigenvalue weighted by Crippen LogP contribution is -2.09. The number of anilines is 1. The molecular formula is C19H15Cl2NO5. The third-order valence-electron chi connectivity index (χ3n) is 4.32. The number of rotatable bonds is 5. The Bertz CT molecular complexity index is 985. The number of hydrogen-bond acceptors (Lipinski definition) is 5. The zero-order chi connectivity index (χ0) is 19.7. The van der Waals surface area contributed by atoms with E-state index in [1.165, 1.54) is 25.3 Å². The highest BCUT2D eigenvalue weighted by atomic mass is 35.5. The van der Waals surface area contributed by atoms with Crippen molar-refractivity contribution >= 4 is 46.2 Å².